The Morgan fingerprint density at radius 3 is 2.89 bits per heavy atom. The Morgan fingerprint density at radius 2 is 2.19 bits per heavy atom. The van der Waals surface area contributed by atoms with E-state index < -0.39 is 18.0 Å². The minimum atomic E-state index is -0.644. The summed E-state index contributed by atoms with van der Waals surface area (Å²) in [5.41, 5.74) is 1.58. The smallest absolute Gasteiger partial charge is 0.340 e. The van der Waals surface area contributed by atoms with Crippen molar-refractivity contribution in [3.05, 3.63) is 54.1 Å². The van der Waals surface area contributed by atoms with Crippen LogP contribution in [0.2, 0.25) is 0 Å². The molecule has 2 saturated carbocycles. The van der Waals surface area contributed by atoms with Gasteiger partial charge in [0, 0.05) is 17.7 Å². The third-order valence-electron chi connectivity index (χ3n) is 6.47. The second-order valence-electron chi connectivity index (χ2n) is 8.10. The monoisotopic (exact) mass is 371 g/mol. The lowest BCUT2D eigenvalue weighted by atomic mass is 9.55. The van der Waals surface area contributed by atoms with E-state index in [1.807, 2.05) is 0 Å². The van der Waals surface area contributed by atoms with Crippen molar-refractivity contribution in [1.82, 2.24) is 4.98 Å². The number of nitrogens with zero attached hydrogens (tertiary/aromatic N) is 1. The number of pyridine rings is 1. The van der Waals surface area contributed by atoms with Crippen LogP contribution in [0.4, 0.5) is 4.39 Å². The zero-order valence-electron chi connectivity index (χ0n) is 15.2. The van der Waals surface area contributed by atoms with E-state index in [1.165, 1.54) is 12.3 Å². The van der Waals surface area contributed by atoms with Gasteiger partial charge >= 0.3 is 11.9 Å². The third kappa shape index (κ3) is 2.97. The van der Waals surface area contributed by atoms with E-state index in [2.05, 4.69) is 25.1 Å². The van der Waals surface area contributed by atoms with E-state index in [-0.39, 0.29) is 34.9 Å². The lowest BCUT2D eigenvalue weighted by Gasteiger charge is -2.51. The summed E-state index contributed by atoms with van der Waals surface area (Å²) in [6.07, 6.45) is 3.68. The molecule has 0 spiro atoms. The van der Waals surface area contributed by atoms with Gasteiger partial charge in [-0.2, -0.15) is 4.39 Å². The lowest BCUT2D eigenvalue weighted by Crippen LogP contribution is -2.47. The van der Waals surface area contributed by atoms with Gasteiger partial charge in [0.25, 0.3) is 0 Å². The van der Waals surface area contributed by atoms with Crippen LogP contribution in [0.5, 0.6) is 0 Å². The van der Waals surface area contributed by atoms with Crippen LogP contribution in [0, 0.1) is 23.2 Å². The molecule has 2 heterocycles. The number of rotatable bonds is 2. The van der Waals surface area contributed by atoms with Crippen molar-refractivity contribution in [3.8, 4) is 0 Å². The van der Waals surface area contributed by atoms with Gasteiger partial charge in [0.15, 0.2) is 0 Å². The average Bonchev–Trinajstić information content (AvgIpc) is 2.90. The minimum Gasteiger partial charge on any atom is -0.458 e. The van der Waals surface area contributed by atoms with Crippen LogP contribution < -0.4 is 0 Å². The van der Waals surface area contributed by atoms with Crippen LogP contribution in [-0.4, -0.2) is 29.1 Å². The van der Waals surface area contributed by atoms with E-state index in [0.717, 1.165) is 30.9 Å². The van der Waals surface area contributed by atoms with E-state index in [0.29, 0.717) is 12.0 Å². The van der Waals surface area contributed by atoms with Crippen LogP contribution in [0.25, 0.3) is 0 Å². The second kappa shape index (κ2) is 6.29. The first-order valence-electron chi connectivity index (χ1n) is 9.19. The first-order valence-corrected chi connectivity index (χ1v) is 9.19. The highest BCUT2D eigenvalue weighted by atomic mass is 19.1. The SMILES string of the molecule is C=C1C(=O)O[C@@H]2C[C@@]3(C)CC[C@@H](OC(=O)c4ccc(F)nc4)C(=C)[C@@H]3C[C@H]12. The first kappa shape index (κ1) is 17.9. The normalized spacial score (nSPS) is 35.3. The summed E-state index contributed by atoms with van der Waals surface area (Å²) in [4.78, 5) is 27.8. The quantitative estimate of drug-likeness (QED) is 0.344. The molecule has 4 rings (SSSR count). The van der Waals surface area contributed by atoms with Gasteiger partial charge in [-0.15, -0.1) is 0 Å². The first-order chi connectivity index (χ1) is 12.8. The number of carbonyl (C=O) groups excluding carboxylic acids is 2. The van der Waals surface area contributed by atoms with E-state index in [1.54, 1.807) is 0 Å². The molecule has 5 nitrogen and oxygen atoms in total. The molecule has 0 N–H and O–H groups in total. The van der Waals surface area contributed by atoms with Gasteiger partial charge in [-0.05, 0) is 54.7 Å². The number of hydrogen-bond acceptors (Lipinski definition) is 5. The molecule has 0 amide bonds. The van der Waals surface area contributed by atoms with Gasteiger partial charge in [-0.1, -0.05) is 20.1 Å². The summed E-state index contributed by atoms with van der Waals surface area (Å²) >= 11 is 0. The molecular formula is C21H22FNO4. The maximum absolute atomic E-state index is 12.9. The Kier molecular flexibility index (Phi) is 4.17. The molecule has 3 aliphatic rings. The van der Waals surface area contributed by atoms with Crippen LogP contribution >= 0.6 is 0 Å². The van der Waals surface area contributed by atoms with Crippen LogP contribution in [0.15, 0.2) is 42.6 Å². The summed E-state index contributed by atoms with van der Waals surface area (Å²) in [6.45, 7) is 10.3. The van der Waals surface area contributed by atoms with Crippen molar-refractivity contribution < 1.29 is 23.5 Å². The van der Waals surface area contributed by atoms with Crippen molar-refractivity contribution in [1.29, 1.82) is 0 Å². The average molecular weight is 371 g/mol. The topological polar surface area (TPSA) is 65.5 Å². The van der Waals surface area contributed by atoms with Crippen molar-refractivity contribution in [2.45, 2.75) is 44.8 Å². The van der Waals surface area contributed by atoms with Gasteiger partial charge in [0.05, 0.1) is 5.56 Å². The summed E-state index contributed by atoms with van der Waals surface area (Å²) in [7, 11) is 0. The number of carbonyl (C=O) groups is 2. The molecule has 0 aromatic carbocycles. The van der Waals surface area contributed by atoms with Gasteiger partial charge in [-0.3, -0.25) is 0 Å². The molecule has 1 aliphatic heterocycles. The Balaban J connectivity index is 1.50. The fourth-order valence-corrected chi connectivity index (χ4v) is 4.86. The Morgan fingerprint density at radius 1 is 1.41 bits per heavy atom. The summed E-state index contributed by atoms with van der Waals surface area (Å²) in [5, 5.41) is 0. The van der Waals surface area contributed by atoms with Gasteiger partial charge < -0.3 is 9.47 Å². The molecule has 5 atom stereocenters. The maximum Gasteiger partial charge on any atom is 0.340 e. The van der Waals surface area contributed by atoms with Gasteiger partial charge in [-0.25, -0.2) is 14.6 Å². The molecule has 2 aliphatic carbocycles. The molecule has 6 heteroatoms. The maximum atomic E-state index is 12.9. The predicted molar refractivity (Wildman–Crippen MR) is 95.1 cm³/mol. The number of esters is 2. The summed E-state index contributed by atoms with van der Waals surface area (Å²) < 4.78 is 24.1. The standard InChI is InChI=1S/C21H22FNO4/c1-11-14-8-15-12(2)16(26-20(25)13-4-5-18(22)23-10-13)6-7-21(15,3)9-17(14)27-19(11)24/h4-5,10,14-17H,1-2,6-9H2,3H3/t14-,15+,16-,17-,21-/m1/s1. The summed E-state index contributed by atoms with van der Waals surface area (Å²) in [6, 6.07) is 2.49. The zero-order valence-corrected chi connectivity index (χ0v) is 15.2. The van der Waals surface area contributed by atoms with Crippen molar-refractivity contribution in [3.63, 3.8) is 0 Å². The molecule has 1 saturated heterocycles. The van der Waals surface area contributed by atoms with E-state index in [4.69, 9.17) is 9.47 Å². The highest BCUT2D eigenvalue weighted by Gasteiger charge is 2.54. The van der Waals surface area contributed by atoms with Crippen molar-refractivity contribution in [2.75, 3.05) is 0 Å². The fraction of sp³-hybridized carbons (Fsp3) is 0.476. The molecule has 27 heavy (non-hydrogen) atoms. The number of fused-ring (bicyclic) bond motifs is 2. The largest absolute Gasteiger partial charge is 0.458 e. The Bertz CT molecular complexity index is 833. The fourth-order valence-electron chi connectivity index (χ4n) is 4.86. The molecule has 0 radical (unpaired) electrons. The Labute approximate surface area is 157 Å². The minimum absolute atomic E-state index is 0.00285. The highest BCUT2D eigenvalue weighted by molar-refractivity contribution is 5.91. The molecule has 0 unspecified atom stereocenters. The van der Waals surface area contributed by atoms with Crippen molar-refractivity contribution >= 4 is 11.9 Å². The second-order valence-corrected chi connectivity index (χ2v) is 8.10. The number of aromatic nitrogens is 1. The predicted octanol–water partition coefficient (Wildman–Crippen LogP) is 3.61. The lowest BCUT2D eigenvalue weighted by molar-refractivity contribution is -0.142. The number of hydrogen-bond donors (Lipinski definition) is 0. The molecule has 1 aromatic rings. The Hall–Kier alpha value is -2.50. The summed E-state index contributed by atoms with van der Waals surface area (Å²) in [5.74, 6) is -1.35. The van der Waals surface area contributed by atoms with Crippen molar-refractivity contribution in [2.24, 2.45) is 17.3 Å². The molecule has 1 aromatic heterocycles. The highest BCUT2D eigenvalue weighted by Crippen LogP contribution is 2.57. The molecule has 3 fully saturated rings. The van der Waals surface area contributed by atoms with Crippen LogP contribution in [0.3, 0.4) is 0 Å². The zero-order chi connectivity index (χ0) is 19.3. The number of halogens is 1. The van der Waals surface area contributed by atoms with Crippen LogP contribution in [-0.2, 0) is 14.3 Å². The molecule has 142 valence electrons. The number of ether oxygens (including phenoxy) is 2. The van der Waals surface area contributed by atoms with E-state index in [9.17, 15) is 14.0 Å². The molecular weight excluding hydrogens is 349 g/mol. The van der Waals surface area contributed by atoms with Crippen LogP contribution in [0.1, 0.15) is 43.0 Å². The third-order valence-corrected chi connectivity index (χ3v) is 6.47. The van der Waals surface area contributed by atoms with E-state index >= 15 is 0 Å². The van der Waals surface area contributed by atoms with Gasteiger partial charge in [0.2, 0.25) is 5.95 Å². The molecule has 0 bridgehead atoms. The van der Waals surface area contributed by atoms with Gasteiger partial charge in [0.1, 0.15) is 12.2 Å².